The van der Waals surface area contributed by atoms with E-state index in [2.05, 4.69) is 116 Å². The fourth-order valence-electron chi connectivity index (χ4n) is 14.5. The first kappa shape index (κ1) is 85.3. The zero-order valence-corrected chi connectivity index (χ0v) is 65.1. The molecule has 15 rings (SSSR count). The number of imide groups is 2. The molecule has 24 nitrogen and oxygen atoms in total. The van der Waals surface area contributed by atoms with E-state index in [1.165, 1.54) is 80.5 Å². The van der Waals surface area contributed by atoms with Crippen LogP contribution in [0.25, 0.3) is 0 Å². The van der Waals surface area contributed by atoms with Crippen molar-refractivity contribution in [3.63, 3.8) is 0 Å². The summed E-state index contributed by atoms with van der Waals surface area (Å²) in [6, 6.07) is 32.2. The van der Waals surface area contributed by atoms with Gasteiger partial charge in [0.25, 0.3) is 23.6 Å². The molecule has 9 aromatic rings. The minimum Gasteiger partial charge on any atom is -0.330 e. The van der Waals surface area contributed by atoms with Gasteiger partial charge in [-0.1, -0.05) is 71.6 Å². The number of hydrogen-bond acceptors (Lipinski definition) is 19. The van der Waals surface area contributed by atoms with Crippen molar-refractivity contribution in [3.8, 4) is 0 Å². The molecular formula is C75H98Cl4N20O4W. The van der Waals surface area contributed by atoms with E-state index in [-0.39, 0.29) is 102 Å². The molecule has 104 heavy (non-hydrogen) atoms. The van der Waals surface area contributed by atoms with Crippen LogP contribution in [0.4, 0.5) is 0 Å². The Balaban J connectivity index is 0.000000223. The van der Waals surface area contributed by atoms with E-state index in [1.54, 1.807) is 57.9 Å². The number of carbonyl (C=O) groups excluding carboxylic acids is 4. The molecule has 9 heterocycles. The van der Waals surface area contributed by atoms with Gasteiger partial charge in [0.15, 0.2) is 0 Å². The summed E-state index contributed by atoms with van der Waals surface area (Å²) in [4.78, 5) is 77.7. The number of aromatic nitrogens is 13. The van der Waals surface area contributed by atoms with E-state index >= 15 is 0 Å². The summed E-state index contributed by atoms with van der Waals surface area (Å²) >= 11 is 0. The van der Waals surface area contributed by atoms with Gasteiger partial charge in [0, 0.05) is 123 Å². The molecule has 0 spiro atoms. The zero-order valence-electron chi connectivity index (χ0n) is 58.9. The summed E-state index contributed by atoms with van der Waals surface area (Å²) in [5, 5.41) is 28.9. The minimum absolute atomic E-state index is 0. The van der Waals surface area contributed by atoms with Crippen molar-refractivity contribution in [3.05, 3.63) is 225 Å². The number of nitrogens with two attached hydrogens (primary N) is 1. The van der Waals surface area contributed by atoms with E-state index in [0.717, 1.165) is 88.0 Å². The van der Waals surface area contributed by atoms with Gasteiger partial charge in [-0.25, -0.2) is 0 Å². The predicted octanol–water partition coefficient (Wildman–Crippen LogP) is 11.3. The van der Waals surface area contributed by atoms with Gasteiger partial charge in [0.2, 0.25) is 0 Å². The fraction of sp³-hybridized carbons (Fsp3) is 0.440. The van der Waals surface area contributed by atoms with Crippen LogP contribution in [0, 0.1) is 0 Å². The summed E-state index contributed by atoms with van der Waals surface area (Å²) in [6.45, 7) is 5.62. The third-order valence-electron chi connectivity index (χ3n) is 19.5. The third kappa shape index (κ3) is 20.7. The molecule has 4 amide bonds. The average molecular weight is 1670 g/mol. The van der Waals surface area contributed by atoms with Crippen LogP contribution in [0.2, 0.25) is 0 Å². The summed E-state index contributed by atoms with van der Waals surface area (Å²) in [6.07, 6.45) is 29.5. The van der Waals surface area contributed by atoms with Crippen LogP contribution in [0.15, 0.2) is 140 Å². The number of nitrogens with one attached hydrogen (secondary N) is 1. The Kier molecular flexibility index (Phi) is 33.9. The normalized spacial score (nSPS) is 17.2. The Morgan fingerprint density at radius 3 is 1.04 bits per heavy atom. The summed E-state index contributed by atoms with van der Waals surface area (Å²) < 4.78 is 5.45. The largest absolute Gasteiger partial charge is 0.330 e. The number of pyridine rings is 4. The van der Waals surface area contributed by atoms with Crippen molar-refractivity contribution in [2.24, 2.45) is 5.73 Å². The van der Waals surface area contributed by atoms with Gasteiger partial charge in [-0.2, -0.15) is 0 Å². The smallest absolute Gasteiger partial charge is 0.261 e. The second kappa shape index (κ2) is 41.3. The van der Waals surface area contributed by atoms with E-state index in [4.69, 9.17) is 5.73 Å². The van der Waals surface area contributed by atoms with Crippen LogP contribution in [0.5, 0.6) is 0 Å². The first-order valence-electron chi connectivity index (χ1n) is 34.7. The number of rotatable bonds is 21. The Morgan fingerprint density at radius 1 is 0.423 bits per heavy atom. The molecule has 29 heteroatoms. The number of nitrogens with zero attached hydrogens (tertiary/aromatic N) is 18. The molecule has 0 fully saturated rings. The summed E-state index contributed by atoms with van der Waals surface area (Å²) in [5.74, 6) is -0.860. The van der Waals surface area contributed by atoms with Crippen LogP contribution in [-0.4, -0.2) is 161 Å². The first-order valence-corrected chi connectivity index (χ1v) is 34.7. The van der Waals surface area contributed by atoms with Crippen molar-refractivity contribution < 1.29 is 40.2 Å². The zero-order chi connectivity index (χ0) is 67.9. The molecule has 0 radical (unpaired) electrons. The molecule has 2 aromatic carbocycles. The van der Waals surface area contributed by atoms with Gasteiger partial charge in [0.05, 0.1) is 80.2 Å². The van der Waals surface area contributed by atoms with Crippen LogP contribution < -0.4 is 11.1 Å². The first-order chi connectivity index (χ1) is 47.9. The number of fused-ring (bicyclic) bond motifs is 6. The van der Waals surface area contributed by atoms with E-state index in [9.17, 15) is 19.2 Å². The number of amides is 4. The Bertz CT molecular complexity index is 3970. The molecule has 6 aliphatic rings. The van der Waals surface area contributed by atoms with Crippen molar-refractivity contribution in [1.29, 1.82) is 0 Å². The predicted molar refractivity (Wildman–Crippen MR) is 405 cm³/mol. The van der Waals surface area contributed by atoms with Crippen LogP contribution >= 0.6 is 49.6 Å². The molecule has 0 saturated carbocycles. The maximum atomic E-state index is 12.5. The van der Waals surface area contributed by atoms with Gasteiger partial charge < -0.3 is 11.1 Å². The van der Waals surface area contributed by atoms with E-state index < -0.39 is 0 Å². The Hall–Kier alpha value is -7.61. The monoisotopic (exact) mass is 1670 g/mol. The van der Waals surface area contributed by atoms with E-state index in [1.807, 2.05) is 79.4 Å². The van der Waals surface area contributed by atoms with Gasteiger partial charge in [0.1, 0.15) is 0 Å². The SMILES string of the molecule is C.CN(Cc1cn(CCCN)nn1)C1CCCc2cccnc21.CN(Cc1cn(CCCN2C(=O)c3ccccc3C2=O)nn1)C1CCCc2cccnc21.CN(Cc1cn(CCCN2C(=O)c3ccccc3C2=O)nn1)C1CCCc2cccnc21.CNC1CCCc2cccnc21.Cl.Cl.Cl.Cl.[W]. The molecule has 0 bridgehead atoms. The number of benzene rings is 2. The molecule has 4 atom stereocenters. The quantitative estimate of drug-likeness (QED) is 0.0633. The van der Waals surface area contributed by atoms with Crippen molar-refractivity contribution >= 4 is 73.3 Å². The molecule has 0 saturated heterocycles. The topological polar surface area (TPSA) is 266 Å². The summed E-state index contributed by atoms with van der Waals surface area (Å²) in [7, 11) is 8.37. The maximum Gasteiger partial charge on any atom is 0.261 e. The van der Waals surface area contributed by atoms with Crippen molar-refractivity contribution in [1.82, 2.24) is 94.7 Å². The van der Waals surface area contributed by atoms with Crippen LogP contribution in [0.3, 0.4) is 0 Å². The minimum atomic E-state index is -0.215. The standard InChI is InChI=1S/2C24H26N6O2.C16H24N6.C10H14N2.CH4.4ClH.W/c2*1-28(21-11-4-7-17-8-5-12-25-22(17)21)15-18-16-29(27-26-18)13-6-14-30-23(31)19-9-2-3-10-20(19)24(30)32;1-21(11-14-12-22(20-19-14)10-4-8-17)15-7-2-5-13-6-3-9-18-16(13)15;1-11-9-6-2-4-8-5-3-7-12-10(8)9;;;;;;/h2*2-3,5,8-10,12,16,21H,4,6-7,11,13-15H2,1H3;3,6,9,12,15H,2,4-5,7-8,10-11,17H2,1H3;3,5,7,9,11H,2,4,6H2,1H3;1H4;4*1H;. The molecule has 2 aliphatic heterocycles. The molecule has 4 aliphatic carbocycles. The van der Waals surface area contributed by atoms with Gasteiger partial charge in [-0.05, 0) is 202 Å². The van der Waals surface area contributed by atoms with Gasteiger partial charge in [-0.15, -0.1) is 64.9 Å². The second-order valence-corrected chi connectivity index (χ2v) is 26.3. The van der Waals surface area contributed by atoms with Crippen LogP contribution in [-0.2, 0) is 86.0 Å². The van der Waals surface area contributed by atoms with Crippen molar-refractivity contribution in [2.75, 3.05) is 47.8 Å². The average Bonchev–Trinajstić information content (AvgIpc) is 1.60. The molecule has 7 aromatic heterocycles. The summed E-state index contributed by atoms with van der Waals surface area (Å²) in [5.41, 5.74) is 20.6. The number of aryl methyl sites for hydroxylation is 7. The van der Waals surface area contributed by atoms with E-state index in [0.29, 0.717) is 105 Å². The Morgan fingerprint density at radius 2 is 0.721 bits per heavy atom. The Labute approximate surface area is 649 Å². The number of hydrogen-bond donors (Lipinski definition) is 2. The molecular weight excluding hydrogens is 1570 g/mol. The third-order valence-corrected chi connectivity index (χ3v) is 19.5. The van der Waals surface area contributed by atoms with Gasteiger partial charge in [-0.3, -0.25) is 77.7 Å². The maximum absolute atomic E-state index is 12.5. The molecule has 4 unspecified atom stereocenters. The van der Waals surface area contributed by atoms with Gasteiger partial charge >= 0.3 is 0 Å². The van der Waals surface area contributed by atoms with Crippen LogP contribution in [0.1, 0.15) is 206 Å². The molecule has 3 N–H and O–H groups in total. The number of carbonyl (C=O) groups is 4. The second-order valence-electron chi connectivity index (χ2n) is 26.3. The molecule has 556 valence electrons. The van der Waals surface area contributed by atoms with Crippen molar-refractivity contribution in [2.45, 2.75) is 167 Å². The number of halogens is 4. The fourth-order valence-corrected chi connectivity index (χ4v) is 14.5.